The van der Waals surface area contributed by atoms with Crippen LogP contribution in [0.25, 0.3) is 5.70 Å². The maximum Gasteiger partial charge on any atom is 0.326 e. The SMILES string of the molecule is C=C1c2c(sc(Br)c2C)NC(=O)N1CC.CC(C)(C)OC=O. The Morgan fingerprint density at radius 2 is 2.05 bits per heavy atom. The van der Waals surface area contributed by atoms with Crippen LogP contribution < -0.4 is 5.32 Å². The number of hydrogen-bond donors (Lipinski definition) is 1. The molecule has 2 heterocycles. The number of urea groups is 1. The number of fused-ring (bicyclic) bond motifs is 1. The van der Waals surface area contributed by atoms with Crippen LogP contribution in [0.5, 0.6) is 0 Å². The van der Waals surface area contributed by atoms with Gasteiger partial charge in [-0.25, -0.2) is 4.79 Å². The molecule has 0 saturated heterocycles. The smallest absolute Gasteiger partial charge is 0.326 e. The lowest BCUT2D eigenvalue weighted by Crippen LogP contribution is -2.36. The van der Waals surface area contributed by atoms with Crippen LogP contribution in [0.3, 0.4) is 0 Å². The molecule has 1 N–H and O–H groups in total. The van der Waals surface area contributed by atoms with Crippen LogP contribution in [-0.2, 0) is 9.53 Å². The van der Waals surface area contributed by atoms with Crippen LogP contribution in [0, 0.1) is 6.92 Å². The Morgan fingerprint density at radius 3 is 2.45 bits per heavy atom. The van der Waals surface area contributed by atoms with Crippen molar-refractivity contribution in [3.8, 4) is 0 Å². The summed E-state index contributed by atoms with van der Waals surface area (Å²) in [6, 6.07) is -0.0937. The minimum absolute atomic E-state index is 0.0937. The maximum absolute atomic E-state index is 11.7. The Balaban J connectivity index is 0.000000295. The maximum atomic E-state index is 11.7. The van der Waals surface area contributed by atoms with Crippen LogP contribution >= 0.6 is 27.3 Å². The molecule has 1 aromatic rings. The van der Waals surface area contributed by atoms with Gasteiger partial charge in [0, 0.05) is 17.8 Å². The summed E-state index contributed by atoms with van der Waals surface area (Å²) in [6.45, 7) is 14.5. The Hall–Kier alpha value is -1.34. The standard InChI is InChI=1S/C10H11BrN2OS.C5H10O2/c1-4-13-6(3)7-5(2)8(11)15-9(7)12-10(13)14;1-5(2,3)7-4-6/h3-4H2,1-2H3,(H,12,14);4H,1-3H3. The van der Waals surface area contributed by atoms with Gasteiger partial charge in [0.15, 0.2) is 0 Å². The summed E-state index contributed by atoms with van der Waals surface area (Å²) in [4.78, 5) is 22.9. The van der Waals surface area contributed by atoms with Gasteiger partial charge in [0.05, 0.1) is 3.79 Å². The number of nitrogens with zero attached hydrogens (tertiary/aromatic N) is 1. The first-order chi connectivity index (χ1) is 10.1. The quantitative estimate of drug-likeness (QED) is 0.752. The zero-order chi connectivity index (χ0) is 17.1. The molecular weight excluding hydrogens is 368 g/mol. The molecule has 122 valence electrons. The summed E-state index contributed by atoms with van der Waals surface area (Å²) < 4.78 is 5.60. The first-order valence-electron chi connectivity index (χ1n) is 6.80. The van der Waals surface area contributed by atoms with Crippen LogP contribution in [0.1, 0.15) is 38.8 Å². The highest BCUT2D eigenvalue weighted by Gasteiger charge is 2.29. The molecule has 0 spiro atoms. The number of rotatable bonds is 2. The lowest BCUT2D eigenvalue weighted by molar-refractivity contribution is -0.138. The van der Waals surface area contributed by atoms with Crippen molar-refractivity contribution < 1.29 is 14.3 Å². The number of carbonyl (C=O) groups excluding carboxylic acids is 2. The van der Waals surface area contributed by atoms with Crippen molar-refractivity contribution in [1.29, 1.82) is 0 Å². The fourth-order valence-corrected chi connectivity index (χ4v) is 3.45. The van der Waals surface area contributed by atoms with E-state index < -0.39 is 0 Å². The number of ether oxygens (including phenoxy) is 1. The van der Waals surface area contributed by atoms with E-state index in [1.807, 2.05) is 34.6 Å². The topological polar surface area (TPSA) is 58.6 Å². The van der Waals surface area contributed by atoms with Gasteiger partial charge in [0.2, 0.25) is 0 Å². The molecule has 2 amide bonds. The van der Waals surface area contributed by atoms with Gasteiger partial charge in [-0.3, -0.25) is 15.0 Å². The van der Waals surface area contributed by atoms with E-state index in [1.165, 1.54) is 11.3 Å². The van der Waals surface area contributed by atoms with Crippen molar-refractivity contribution in [2.45, 2.75) is 40.2 Å². The van der Waals surface area contributed by atoms with E-state index in [2.05, 4.69) is 32.6 Å². The molecule has 1 aliphatic heterocycles. The summed E-state index contributed by atoms with van der Waals surface area (Å²) in [7, 11) is 0. The molecule has 22 heavy (non-hydrogen) atoms. The average molecular weight is 389 g/mol. The molecule has 5 nitrogen and oxygen atoms in total. The molecule has 0 fully saturated rings. The van der Waals surface area contributed by atoms with Gasteiger partial charge in [0.25, 0.3) is 6.47 Å². The molecule has 0 aromatic carbocycles. The summed E-state index contributed by atoms with van der Waals surface area (Å²) >= 11 is 5.01. The number of carbonyl (C=O) groups is 2. The van der Waals surface area contributed by atoms with Gasteiger partial charge in [-0.15, -0.1) is 11.3 Å². The molecule has 0 unspecified atom stereocenters. The highest BCUT2D eigenvalue weighted by atomic mass is 79.9. The van der Waals surface area contributed by atoms with E-state index in [0.29, 0.717) is 13.0 Å². The number of thiophene rings is 1. The number of halogens is 1. The van der Waals surface area contributed by atoms with Crippen molar-refractivity contribution in [2.75, 3.05) is 11.9 Å². The van der Waals surface area contributed by atoms with E-state index >= 15 is 0 Å². The minimum Gasteiger partial charge on any atom is -0.462 e. The van der Waals surface area contributed by atoms with E-state index in [9.17, 15) is 9.59 Å². The molecule has 7 heteroatoms. The molecule has 0 saturated carbocycles. The van der Waals surface area contributed by atoms with E-state index in [-0.39, 0.29) is 11.6 Å². The van der Waals surface area contributed by atoms with Crippen molar-refractivity contribution in [3.05, 3.63) is 21.5 Å². The van der Waals surface area contributed by atoms with Gasteiger partial charge in [-0.2, -0.15) is 0 Å². The zero-order valence-corrected chi connectivity index (χ0v) is 15.9. The highest BCUT2D eigenvalue weighted by molar-refractivity contribution is 9.11. The number of anilines is 1. The number of hydrogen-bond acceptors (Lipinski definition) is 4. The highest BCUT2D eigenvalue weighted by Crippen LogP contribution is 2.43. The average Bonchev–Trinajstić information content (AvgIpc) is 2.64. The molecule has 0 bridgehead atoms. The first kappa shape index (κ1) is 18.7. The summed E-state index contributed by atoms with van der Waals surface area (Å²) in [5, 5.41) is 3.76. The number of amides is 2. The third kappa shape index (κ3) is 4.33. The van der Waals surface area contributed by atoms with Gasteiger partial charge in [-0.05, 0) is 56.1 Å². The van der Waals surface area contributed by atoms with Gasteiger partial charge >= 0.3 is 6.03 Å². The Labute approximate surface area is 143 Å². The monoisotopic (exact) mass is 388 g/mol. The van der Waals surface area contributed by atoms with Crippen molar-refractivity contribution in [3.63, 3.8) is 0 Å². The lowest BCUT2D eigenvalue weighted by atomic mass is 10.1. The largest absolute Gasteiger partial charge is 0.462 e. The second kappa shape index (κ2) is 7.28. The Bertz CT molecular complexity index is 590. The van der Waals surface area contributed by atoms with Gasteiger partial charge in [-0.1, -0.05) is 6.58 Å². The fraction of sp³-hybridized carbons (Fsp3) is 0.467. The van der Waals surface area contributed by atoms with Crippen LogP contribution in [0.4, 0.5) is 9.80 Å². The zero-order valence-electron chi connectivity index (χ0n) is 13.4. The summed E-state index contributed by atoms with van der Waals surface area (Å²) in [6.07, 6.45) is 0. The predicted octanol–water partition coefficient (Wildman–Crippen LogP) is 4.62. The third-order valence-electron chi connectivity index (χ3n) is 2.89. The second-order valence-corrected chi connectivity index (χ2v) is 7.99. The van der Waals surface area contributed by atoms with Gasteiger partial charge in [0.1, 0.15) is 10.6 Å². The molecule has 2 rings (SSSR count). The minimum atomic E-state index is -0.318. The summed E-state index contributed by atoms with van der Waals surface area (Å²) in [5.74, 6) is 0. The van der Waals surface area contributed by atoms with Crippen molar-refractivity contribution >= 4 is 50.5 Å². The predicted molar refractivity (Wildman–Crippen MR) is 94.1 cm³/mol. The third-order valence-corrected chi connectivity index (χ3v) is 4.96. The lowest BCUT2D eigenvalue weighted by Gasteiger charge is -2.28. The molecule has 0 radical (unpaired) electrons. The molecule has 0 atom stereocenters. The number of nitrogens with one attached hydrogen (secondary N) is 1. The summed E-state index contributed by atoms with van der Waals surface area (Å²) in [5.41, 5.74) is 2.66. The second-order valence-electron chi connectivity index (χ2n) is 5.65. The Morgan fingerprint density at radius 1 is 1.45 bits per heavy atom. The normalized spacial score (nSPS) is 13.8. The van der Waals surface area contributed by atoms with Crippen LogP contribution in [0.2, 0.25) is 0 Å². The molecule has 0 aliphatic carbocycles. The fourth-order valence-electron chi connectivity index (χ4n) is 1.82. The van der Waals surface area contributed by atoms with Crippen molar-refractivity contribution in [1.82, 2.24) is 4.90 Å². The van der Waals surface area contributed by atoms with E-state index in [1.54, 1.807) is 4.90 Å². The first-order valence-corrected chi connectivity index (χ1v) is 8.41. The van der Waals surface area contributed by atoms with E-state index in [4.69, 9.17) is 0 Å². The molecular formula is C15H21BrN2O3S. The Kier molecular flexibility index (Phi) is 6.19. The van der Waals surface area contributed by atoms with Crippen LogP contribution in [-0.4, -0.2) is 29.5 Å². The van der Waals surface area contributed by atoms with Crippen LogP contribution in [0.15, 0.2) is 10.4 Å². The van der Waals surface area contributed by atoms with Crippen molar-refractivity contribution in [2.24, 2.45) is 0 Å². The molecule has 1 aromatic heterocycles. The van der Waals surface area contributed by atoms with Gasteiger partial charge < -0.3 is 4.74 Å². The van der Waals surface area contributed by atoms with E-state index in [0.717, 1.165) is 25.6 Å². The molecule has 1 aliphatic rings.